The van der Waals surface area contributed by atoms with Gasteiger partial charge >= 0.3 is 0 Å². The number of hydrogen-bond acceptors (Lipinski definition) is 5. The van der Waals surface area contributed by atoms with Gasteiger partial charge in [0.25, 0.3) is 5.69 Å². The van der Waals surface area contributed by atoms with Crippen molar-refractivity contribution in [2.45, 2.75) is 20.4 Å². The zero-order valence-electron chi connectivity index (χ0n) is 12.2. The van der Waals surface area contributed by atoms with Crippen molar-refractivity contribution in [3.05, 3.63) is 57.3 Å². The molecule has 1 aromatic carbocycles. The Morgan fingerprint density at radius 3 is 2.62 bits per heavy atom. The van der Waals surface area contributed by atoms with Gasteiger partial charge in [0, 0.05) is 36.1 Å². The maximum atomic E-state index is 11.0. The Balaban J connectivity index is 2.15. The lowest BCUT2D eigenvalue weighted by Crippen LogP contribution is -2.03. The summed E-state index contributed by atoms with van der Waals surface area (Å²) in [5.41, 5.74) is 3.48. The van der Waals surface area contributed by atoms with Gasteiger partial charge in [-0.15, -0.1) is 0 Å². The third-order valence-electron chi connectivity index (χ3n) is 3.23. The summed E-state index contributed by atoms with van der Waals surface area (Å²) < 4.78 is 5.00. The molecule has 6 nitrogen and oxygen atoms in total. The van der Waals surface area contributed by atoms with E-state index >= 15 is 0 Å². The first-order valence-corrected chi connectivity index (χ1v) is 6.49. The predicted molar refractivity (Wildman–Crippen MR) is 80.7 cm³/mol. The number of pyridine rings is 1. The van der Waals surface area contributed by atoms with Crippen LogP contribution in [0.5, 0.6) is 5.88 Å². The van der Waals surface area contributed by atoms with E-state index in [1.807, 2.05) is 19.1 Å². The highest BCUT2D eigenvalue weighted by Crippen LogP contribution is 2.26. The molecule has 0 radical (unpaired) electrons. The smallest absolute Gasteiger partial charge is 0.274 e. The molecule has 0 aliphatic rings. The maximum absolute atomic E-state index is 11.0. The number of rotatable bonds is 5. The molecule has 0 fully saturated rings. The van der Waals surface area contributed by atoms with Gasteiger partial charge in [0.05, 0.1) is 12.0 Å². The molecule has 0 aliphatic carbocycles. The first kappa shape index (κ1) is 14.8. The van der Waals surface area contributed by atoms with Crippen molar-refractivity contribution in [1.82, 2.24) is 4.98 Å². The van der Waals surface area contributed by atoms with E-state index in [9.17, 15) is 10.1 Å². The number of nitro groups is 1. The van der Waals surface area contributed by atoms with Crippen LogP contribution in [0.3, 0.4) is 0 Å². The molecule has 21 heavy (non-hydrogen) atoms. The Morgan fingerprint density at radius 2 is 2.05 bits per heavy atom. The van der Waals surface area contributed by atoms with Crippen molar-refractivity contribution in [2.24, 2.45) is 0 Å². The molecule has 0 bridgehead atoms. The standard InChI is InChI=1S/C15H17N3O3/c1-10-6-11(2)14(18(19)20)7-13(10)16-8-12-4-5-15(21-3)17-9-12/h4-7,9,16H,8H2,1-3H3. The van der Waals surface area contributed by atoms with Crippen molar-refractivity contribution < 1.29 is 9.66 Å². The summed E-state index contributed by atoms with van der Waals surface area (Å²) in [6.45, 7) is 4.20. The molecule has 0 spiro atoms. The molecule has 0 unspecified atom stereocenters. The molecular weight excluding hydrogens is 270 g/mol. The fourth-order valence-electron chi connectivity index (χ4n) is 2.06. The van der Waals surface area contributed by atoms with E-state index in [2.05, 4.69) is 10.3 Å². The Labute approximate surface area is 122 Å². The molecule has 110 valence electrons. The number of anilines is 1. The molecule has 0 saturated carbocycles. The number of aromatic nitrogens is 1. The number of nitro benzene ring substituents is 1. The minimum absolute atomic E-state index is 0.121. The monoisotopic (exact) mass is 287 g/mol. The number of ether oxygens (including phenoxy) is 1. The number of methoxy groups -OCH3 is 1. The van der Waals surface area contributed by atoms with Gasteiger partial charge < -0.3 is 10.1 Å². The number of aryl methyl sites for hydroxylation is 2. The summed E-state index contributed by atoms with van der Waals surface area (Å²) >= 11 is 0. The molecule has 1 N–H and O–H groups in total. The molecule has 0 aliphatic heterocycles. The quantitative estimate of drug-likeness (QED) is 0.674. The van der Waals surface area contributed by atoms with Crippen LogP contribution in [-0.2, 0) is 6.54 Å². The topological polar surface area (TPSA) is 77.3 Å². The molecule has 6 heteroatoms. The SMILES string of the molecule is COc1ccc(CNc2cc([N+](=O)[O-])c(C)cc2C)cn1. The third kappa shape index (κ3) is 3.47. The summed E-state index contributed by atoms with van der Waals surface area (Å²) in [5, 5.41) is 14.2. The maximum Gasteiger partial charge on any atom is 0.274 e. The highest BCUT2D eigenvalue weighted by Gasteiger charge is 2.13. The van der Waals surface area contributed by atoms with Crippen LogP contribution in [0.25, 0.3) is 0 Å². The minimum Gasteiger partial charge on any atom is -0.481 e. The first-order chi connectivity index (χ1) is 10.0. The molecule has 2 aromatic rings. The van der Waals surface area contributed by atoms with Gasteiger partial charge in [-0.25, -0.2) is 4.98 Å². The summed E-state index contributed by atoms with van der Waals surface area (Å²) in [5.74, 6) is 0.556. The van der Waals surface area contributed by atoms with E-state index in [1.165, 1.54) is 0 Å². The highest BCUT2D eigenvalue weighted by molar-refractivity contribution is 5.60. The largest absolute Gasteiger partial charge is 0.481 e. The van der Waals surface area contributed by atoms with Gasteiger partial charge in [-0.05, 0) is 31.0 Å². The van der Waals surface area contributed by atoms with E-state index in [1.54, 1.807) is 32.4 Å². The van der Waals surface area contributed by atoms with Crippen molar-refractivity contribution in [3.8, 4) is 5.88 Å². The van der Waals surface area contributed by atoms with Crippen molar-refractivity contribution in [2.75, 3.05) is 12.4 Å². The van der Waals surface area contributed by atoms with Crippen molar-refractivity contribution in [1.29, 1.82) is 0 Å². The van der Waals surface area contributed by atoms with Crippen LogP contribution in [0.4, 0.5) is 11.4 Å². The average Bonchev–Trinajstić information content (AvgIpc) is 2.46. The number of benzene rings is 1. The van der Waals surface area contributed by atoms with Gasteiger partial charge in [-0.2, -0.15) is 0 Å². The molecule has 0 atom stereocenters. The van der Waals surface area contributed by atoms with E-state index in [-0.39, 0.29) is 10.6 Å². The highest BCUT2D eigenvalue weighted by atomic mass is 16.6. The zero-order valence-corrected chi connectivity index (χ0v) is 12.2. The van der Waals surface area contributed by atoms with Gasteiger partial charge in [-0.3, -0.25) is 10.1 Å². The van der Waals surface area contributed by atoms with Crippen LogP contribution in [-0.4, -0.2) is 17.0 Å². The molecule has 1 heterocycles. The van der Waals surface area contributed by atoms with Crippen molar-refractivity contribution in [3.63, 3.8) is 0 Å². The normalized spacial score (nSPS) is 10.2. The summed E-state index contributed by atoms with van der Waals surface area (Å²) in [7, 11) is 1.56. The molecule has 2 rings (SSSR count). The Morgan fingerprint density at radius 1 is 1.29 bits per heavy atom. The minimum atomic E-state index is -0.366. The fourth-order valence-corrected chi connectivity index (χ4v) is 2.06. The Kier molecular flexibility index (Phi) is 4.37. The Bertz CT molecular complexity index is 654. The second kappa shape index (κ2) is 6.21. The number of nitrogens with one attached hydrogen (secondary N) is 1. The predicted octanol–water partition coefficient (Wildman–Crippen LogP) is 3.23. The lowest BCUT2D eigenvalue weighted by atomic mass is 10.1. The van der Waals surface area contributed by atoms with E-state index in [4.69, 9.17) is 4.74 Å². The second-order valence-electron chi connectivity index (χ2n) is 4.77. The Hall–Kier alpha value is -2.63. The first-order valence-electron chi connectivity index (χ1n) is 6.49. The van der Waals surface area contributed by atoms with E-state index < -0.39 is 0 Å². The van der Waals surface area contributed by atoms with Gasteiger partial charge in [0.1, 0.15) is 0 Å². The average molecular weight is 287 g/mol. The molecule has 1 aromatic heterocycles. The zero-order chi connectivity index (χ0) is 15.4. The van der Waals surface area contributed by atoms with Crippen LogP contribution in [0.1, 0.15) is 16.7 Å². The van der Waals surface area contributed by atoms with E-state index in [0.717, 1.165) is 16.8 Å². The number of nitrogens with zero attached hydrogens (tertiary/aromatic N) is 2. The molecule has 0 amide bonds. The van der Waals surface area contributed by atoms with Crippen molar-refractivity contribution >= 4 is 11.4 Å². The number of hydrogen-bond donors (Lipinski definition) is 1. The fraction of sp³-hybridized carbons (Fsp3) is 0.267. The van der Waals surface area contributed by atoms with E-state index in [0.29, 0.717) is 18.0 Å². The summed E-state index contributed by atoms with van der Waals surface area (Å²) in [6, 6.07) is 7.06. The van der Waals surface area contributed by atoms with Crippen LogP contribution >= 0.6 is 0 Å². The van der Waals surface area contributed by atoms with Gasteiger partial charge in [0.2, 0.25) is 5.88 Å². The van der Waals surface area contributed by atoms with Gasteiger partial charge in [0.15, 0.2) is 0 Å². The summed E-state index contributed by atoms with van der Waals surface area (Å²) in [6.07, 6.45) is 1.71. The lowest BCUT2D eigenvalue weighted by molar-refractivity contribution is -0.385. The molecule has 0 saturated heterocycles. The molecular formula is C15H17N3O3. The van der Waals surface area contributed by atoms with Gasteiger partial charge in [-0.1, -0.05) is 6.07 Å². The van der Waals surface area contributed by atoms with Crippen LogP contribution < -0.4 is 10.1 Å². The second-order valence-corrected chi connectivity index (χ2v) is 4.77. The van der Waals surface area contributed by atoms with Crippen LogP contribution in [0.2, 0.25) is 0 Å². The summed E-state index contributed by atoms with van der Waals surface area (Å²) in [4.78, 5) is 14.7. The van der Waals surface area contributed by atoms with Crippen LogP contribution in [0, 0.1) is 24.0 Å². The lowest BCUT2D eigenvalue weighted by Gasteiger charge is -2.11. The third-order valence-corrected chi connectivity index (χ3v) is 3.23. The van der Waals surface area contributed by atoms with Crippen LogP contribution in [0.15, 0.2) is 30.5 Å².